The lowest BCUT2D eigenvalue weighted by atomic mass is 10.2. The molecule has 0 fully saturated rings. The van der Waals surface area contributed by atoms with Crippen molar-refractivity contribution in [1.29, 1.82) is 0 Å². The quantitative estimate of drug-likeness (QED) is 0.559. The van der Waals surface area contributed by atoms with Crippen LogP contribution in [0.5, 0.6) is 0 Å². The second-order valence-corrected chi connectivity index (χ2v) is 1.85. The molecule has 0 aliphatic carbocycles. The molecule has 0 saturated carbocycles. The molecule has 0 radical (unpaired) electrons. The van der Waals surface area contributed by atoms with Crippen molar-refractivity contribution in [3.63, 3.8) is 0 Å². The molecule has 1 heteroatoms. The Morgan fingerprint density at radius 3 is 2.50 bits per heavy atom. The number of aliphatic hydroxyl groups excluding tert-OH is 1. The first-order chi connectivity index (χ1) is 3.81. The topological polar surface area (TPSA) is 20.2 Å². The van der Waals surface area contributed by atoms with Gasteiger partial charge in [-0.25, -0.2) is 0 Å². The molecule has 1 N–H and O–H groups in total. The predicted octanol–water partition coefficient (Wildman–Crippen LogP) is 2.64. The van der Waals surface area contributed by atoms with Crippen LogP contribution in [0.25, 0.3) is 0 Å². The van der Waals surface area contributed by atoms with Crippen molar-refractivity contribution >= 4 is 0 Å². The van der Waals surface area contributed by atoms with Gasteiger partial charge in [-0.05, 0) is 18.9 Å². The van der Waals surface area contributed by atoms with E-state index in [9.17, 15) is 0 Å². The molecule has 48 valence electrons. The fourth-order valence-electron chi connectivity index (χ4n) is 0.594. The van der Waals surface area contributed by atoms with E-state index in [1.165, 1.54) is 0 Å². The van der Waals surface area contributed by atoms with Gasteiger partial charge in [-0.2, -0.15) is 0 Å². The molecule has 8 heavy (non-hydrogen) atoms. The molecule has 0 bridgehead atoms. The molecular formula is C7H14O. The van der Waals surface area contributed by atoms with E-state index in [2.05, 4.69) is 6.92 Å². The van der Waals surface area contributed by atoms with Gasteiger partial charge >= 0.3 is 0 Å². The molecule has 0 saturated heterocycles. The second kappa shape index (κ2) is 4.69. The Bertz CT molecular complexity index is 74.5. The lowest BCUT2D eigenvalue weighted by Gasteiger charge is -1.92. The summed E-state index contributed by atoms with van der Waals surface area (Å²) in [5.74, 6) is 0.537. The molecule has 0 atom stereocenters. The average Bonchev–Trinajstić information content (AvgIpc) is 1.68. The van der Waals surface area contributed by atoms with Crippen molar-refractivity contribution < 1.29 is 5.11 Å². The molecule has 0 spiro atoms. The monoisotopic (exact) mass is 114 g/mol. The average molecular weight is 114 g/mol. The zero-order chi connectivity index (χ0) is 6.41. The highest BCUT2D eigenvalue weighted by atomic mass is 16.3. The van der Waals surface area contributed by atoms with Crippen LogP contribution in [0.15, 0.2) is 11.8 Å². The first-order valence-corrected chi connectivity index (χ1v) is 3.19. The summed E-state index contributed by atoms with van der Waals surface area (Å²) >= 11 is 0. The highest BCUT2D eigenvalue weighted by molar-refractivity contribution is 4.88. The summed E-state index contributed by atoms with van der Waals surface area (Å²) in [6, 6.07) is 0. The standard InChI is InChI=1S/C7H14O/c1-3-5-7(8)6-4-2/h5,8H,3-4,6H2,1-2H3/b7-5+. The van der Waals surface area contributed by atoms with Gasteiger partial charge in [0, 0.05) is 6.42 Å². The Balaban J connectivity index is 3.29. The van der Waals surface area contributed by atoms with Crippen LogP contribution in [0, 0.1) is 0 Å². The number of hydrogen-bond acceptors (Lipinski definition) is 1. The van der Waals surface area contributed by atoms with Gasteiger partial charge < -0.3 is 5.11 Å². The molecule has 0 amide bonds. The summed E-state index contributed by atoms with van der Waals surface area (Å²) in [5.41, 5.74) is 0. The van der Waals surface area contributed by atoms with Crippen LogP contribution in [0.1, 0.15) is 33.1 Å². The number of hydrogen-bond donors (Lipinski definition) is 1. The van der Waals surface area contributed by atoms with Gasteiger partial charge in [0.05, 0.1) is 5.76 Å². The molecule has 0 heterocycles. The first kappa shape index (κ1) is 7.54. The summed E-state index contributed by atoms with van der Waals surface area (Å²) in [5, 5.41) is 8.91. The van der Waals surface area contributed by atoms with Crippen LogP contribution in [0.2, 0.25) is 0 Å². The predicted molar refractivity (Wildman–Crippen MR) is 35.9 cm³/mol. The van der Waals surface area contributed by atoms with E-state index in [1.807, 2.05) is 13.0 Å². The van der Waals surface area contributed by atoms with Gasteiger partial charge in [-0.15, -0.1) is 0 Å². The highest BCUT2D eigenvalue weighted by Gasteiger charge is 1.85. The van der Waals surface area contributed by atoms with E-state index >= 15 is 0 Å². The Kier molecular flexibility index (Phi) is 4.42. The van der Waals surface area contributed by atoms with Gasteiger partial charge in [0.2, 0.25) is 0 Å². The van der Waals surface area contributed by atoms with Crippen LogP contribution in [0.3, 0.4) is 0 Å². The summed E-state index contributed by atoms with van der Waals surface area (Å²) in [7, 11) is 0. The molecule has 1 nitrogen and oxygen atoms in total. The maximum atomic E-state index is 8.91. The lowest BCUT2D eigenvalue weighted by Crippen LogP contribution is -1.77. The van der Waals surface area contributed by atoms with Crippen LogP contribution >= 0.6 is 0 Å². The molecule has 0 aromatic rings. The van der Waals surface area contributed by atoms with Crippen LogP contribution in [-0.2, 0) is 0 Å². The minimum Gasteiger partial charge on any atom is -0.513 e. The Morgan fingerprint density at radius 2 is 2.12 bits per heavy atom. The molecule has 0 unspecified atom stereocenters. The Hall–Kier alpha value is -0.460. The van der Waals surface area contributed by atoms with Crippen molar-refractivity contribution in [3.05, 3.63) is 11.8 Å². The van der Waals surface area contributed by atoms with E-state index in [0.29, 0.717) is 5.76 Å². The van der Waals surface area contributed by atoms with Gasteiger partial charge in [0.15, 0.2) is 0 Å². The zero-order valence-corrected chi connectivity index (χ0v) is 5.65. The molecule has 0 aromatic carbocycles. The molecule has 0 rings (SSSR count). The summed E-state index contributed by atoms with van der Waals surface area (Å²) in [6.07, 6.45) is 4.64. The molecular weight excluding hydrogens is 100 g/mol. The van der Waals surface area contributed by atoms with Crippen LogP contribution in [0.4, 0.5) is 0 Å². The minimum atomic E-state index is 0.537. The second-order valence-electron chi connectivity index (χ2n) is 1.85. The van der Waals surface area contributed by atoms with Crippen molar-refractivity contribution in [3.8, 4) is 0 Å². The zero-order valence-electron chi connectivity index (χ0n) is 5.65. The molecule has 0 aliphatic rings. The SMILES string of the molecule is CC/C=C(/O)CCC. The Morgan fingerprint density at radius 1 is 1.50 bits per heavy atom. The van der Waals surface area contributed by atoms with E-state index in [0.717, 1.165) is 19.3 Å². The maximum Gasteiger partial charge on any atom is 0.0882 e. The van der Waals surface area contributed by atoms with E-state index < -0.39 is 0 Å². The summed E-state index contributed by atoms with van der Waals surface area (Å²) in [6.45, 7) is 4.07. The number of rotatable bonds is 3. The number of aliphatic hydroxyl groups is 1. The van der Waals surface area contributed by atoms with Gasteiger partial charge in [-0.3, -0.25) is 0 Å². The first-order valence-electron chi connectivity index (χ1n) is 3.19. The van der Waals surface area contributed by atoms with E-state index in [-0.39, 0.29) is 0 Å². The van der Waals surface area contributed by atoms with Crippen LogP contribution in [-0.4, -0.2) is 5.11 Å². The van der Waals surface area contributed by atoms with Crippen molar-refractivity contribution in [2.24, 2.45) is 0 Å². The fourth-order valence-corrected chi connectivity index (χ4v) is 0.594. The lowest BCUT2D eigenvalue weighted by molar-refractivity contribution is 0.384. The van der Waals surface area contributed by atoms with Gasteiger partial charge in [0.25, 0.3) is 0 Å². The van der Waals surface area contributed by atoms with Crippen molar-refractivity contribution in [2.75, 3.05) is 0 Å². The third-order valence-corrected chi connectivity index (χ3v) is 0.946. The highest BCUT2D eigenvalue weighted by Crippen LogP contribution is 1.99. The van der Waals surface area contributed by atoms with Gasteiger partial charge in [0.1, 0.15) is 0 Å². The summed E-state index contributed by atoms with van der Waals surface area (Å²) < 4.78 is 0. The smallest absolute Gasteiger partial charge is 0.0882 e. The van der Waals surface area contributed by atoms with Crippen LogP contribution < -0.4 is 0 Å². The van der Waals surface area contributed by atoms with Crippen molar-refractivity contribution in [1.82, 2.24) is 0 Å². The van der Waals surface area contributed by atoms with Crippen molar-refractivity contribution in [2.45, 2.75) is 33.1 Å². The largest absolute Gasteiger partial charge is 0.513 e. The maximum absolute atomic E-state index is 8.91. The third kappa shape index (κ3) is 3.72. The van der Waals surface area contributed by atoms with Gasteiger partial charge in [-0.1, -0.05) is 13.8 Å². The summed E-state index contributed by atoms with van der Waals surface area (Å²) in [4.78, 5) is 0. The molecule has 0 aromatic heterocycles. The minimum absolute atomic E-state index is 0.537. The molecule has 0 aliphatic heterocycles. The number of allylic oxidation sites excluding steroid dienone is 2. The van der Waals surface area contributed by atoms with E-state index in [4.69, 9.17) is 5.11 Å². The fraction of sp³-hybridized carbons (Fsp3) is 0.714. The third-order valence-electron chi connectivity index (χ3n) is 0.946. The van der Waals surface area contributed by atoms with E-state index in [1.54, 1.807) is 0 Å². The normalized spacial score (nSPS) is 12.0. The Labute approximate surface area is 51.0 Å².